The number of phenols is 1. The van der Waals surface area contributed by atoms with Gasteiger partial charge in [0.05, 0.1) is 12.1 Å². The minimum absolute atomic E-state index is 0.124. The Morgan fingerprint density at radius 1 is 1.11 bits per heavy atom. The Hall–Kier alpha value is -3.14. The molecule has 0 saturated heterocycles. The molecule has 4 rings (SSSR count). The summed E-state index contributed by atoms with van der Waals surface area (Å²) < 4.78 is 0. The minimum Gasteiger partial charge on any atom is -0.508 e. The molecule has 1 amide bonds. The average Bonchev–Trinajstić information content (AvgIpc) is 2.68. The van der Waals surface area contributed by atoms with E-state index in [-0.39, 0.29) is 5.91 Å². The molecule has 0 radical (unpaired) electrons. The summed E-state index contributed by atoms with van der Waals surface area (Å²) in [4.78, 5) is 12.5. The Labute approximate surface area is 158 Å². The van der Waals surface area contributed by atoms with E-state index >= 15 is 0 Å². The first-order valence-corrected chi connectivity index (χ1v) is 9.27. The number of nitrogens with zero attached hydrogens (tertiary/aromatic N) is 1. The number of benzene rings is 3. The van der Waals surface area contributed by atoms with Crippen molar-refractivity contribution >= 4 is 22.4 Å². The lowest BCUT2D eigenvalue weighted by Crippen LogP contribution is -2.23. The maximum atomic E-state index is 12.5. The summed E-state index contributed by atoms with van der Waals surface area (Å²) in [6, 6.07) is 17.9. The highest BCUT2D eigenvalue weighted by Gasteiger charge is 2.18. The minimum atomic E-state index is -0.124. The Kier molecular flexibility index (Phi) is 4.63. The third-order valence-corrected chi connectivity index (χ3v) is 5.14. The number of carbonyl (C=O) groups is 1. The molecule has 0 spiro atoms. The van der Waals surface area contributed by atoms with Crippen molar-refractivity contribution in [1.29, 1.82) is 0 Å². The predicted molar refractivity (Wildman–Crippen MR) is 108 cm³/mol. The van der Waals surface area contributed by atoms with Gasteiger partial charge in [-0.05, 0) is 65.8 Å². The molecular weight excluding hydrogens is 336 g/mol. The lowest BCUT2D eigenvalue weighted by Gasteiger charge is -2.19. The maximum absolute atomic E-state index is 12.5. The molecule has 3 aromatic carbocycles. The van der Waals surface area contributed by atoms with E-state index in [9.17, 15) is 9.90 Å². The summed E-state index contributed by atoms with van der Waals surface area (Å²) >= 11 is 0. The monoisotopic (exact) mass is 358 g/mol. The number of aryl methyl sites for hydroxylation is 2. The Morgan fingerprint density at radius 2 is 1.93 bits per heavy atom. The van der Waals surface area contributed by atoms with E-state index < -0.39 is 0 Å². The van der Waals surface area contributed by atoms with Gasteiger partial charge in [-0.3, -0.25) is 4.79 Å². The van der Waals surface area contributed by atoms with Crippen molar-refractivity contribution in [3.05, 3.63) is 76.9 Å². The maximum Gasteiger partial charge on any atom is 0.244 e. The summed E-state index contributed by atoms with van der Waals surface area (Å²) in [6.45, 7) is 1.88. The summed E-state index contributed by atoms with van der Waals surface area (Å²) in [7, 11) is 0. The van der Waals surface area contributed by atoms with Crippen LogP contribution in [0.1, 0.15) is 35.1 Å². The van der Waals surface area contributed by atoms with Crippen molar-refractivity contribution in [2.45, 2.75) is 32.6 Å². The number of nitrogens with one attached hydrogen (secondary N) is 1. The van der Waals surface area contributed by atoms with E-state index in [4.69, 9.17) is 0 Å². The number of fused-ring (bicyclic) bond motifs is 2. The molecule has 0 saturated carbocycles. The summed E-state index contributed by atoms with van der Waals surface area (Å²) in [5, 5.41) is 16.6. The van der Waals surface area contributed by atoms with Crippen LogP contribution in [0.2, 0.25) is 0 Å². The third kappa shape index (κ3) is 3.56. The predicted octanol–water partition coefficient (Wildman–Crippen LogP) is 4.25. The van der Waals surface area contributed by atoms with E-state index in [0.717, 1.165) is 58.0 Å². The molecule has 1 aliphatic carbocycles. The number of hydrazone groups is 1. The van der Waals surface area contributed by atoms with Crippen LogP contribution in [0.4, 0.5) is 0 Å². The fourth-order valence-electron chi connectivity index (χ4n) is 3.70. The number of amides is 1. The van der Waals surface area contributed by atoms with Crippen molar-refractivity contribution in [2.75, 3.05) is 0 Å². The molecule has 0 bridgehead atoms. The van der Waals surface area contributed by atoms with Crippen molar-refractivity contribution in [1.82, 2.24) is 5.43 Å². The van der Waals surface area contributed by atoms with Gasteiger partial charge in [0.15, 0.2) is 0 Å². The fourth-order valence-corrected chi connectivity index (χ4v) is 3.70. The van der Waals surface area contributed by atoms with E-state index in [1.807, 2.05) is 61.5 Å². The number of carbonyl (C=O) groups excluding carboxylic acids is 1. The van der Waals surface area contributed by atoms with Crippen LogP contribution in [0.3, 0.4) is 0 Å². The number of phenolic OH excluding ortho intramolecular Hbond substituents is 1. The molecule has 0 fully saturated rings. The molecule has 3 aromatic rings. The van der Waals surface area contributed by atoms with Gasteiger partial charge in [0.25, 0.3) is 0 Å². The van der Waals surface area contributed by atoms with E-state index in [0.29, 0.717) is 12.2 Å². The van der Waals surface area contributed by atoms with Crippen molar-refractivity contribution < 1.29 is 9.90 Å². The summed E-state index contributed by atoms with van der Waals surface area (Å²) in [6.07, 6.45) is 3.00. The molecule has 0 aliphatic heterocycles. The normalized spacial score (nSPS) is 14.9. The molecule has 27 heavy (non-hydrogen) atoms. The first-order chi connectivity index (χ1) is 13.1. The topological polar surface area (TPSA) is 61.7 Å². The van der Waals surface area contributed by atoms with Crippen LogP contribution in [0.15, 0.2) is 59.7 Å². The van der Waals surface area contributed by atoms with Crippen LogP contribution in [-0.4, -0.2) is 16.7 Å². The van der Waals surface area contributed by atoms with Gasteiger partial charge in [-0.1, -0.05) is 42.5 Å². The van der Waals surface area contributed by atoms with E-state index in [1.54, 1.807) is 0 Å². The van der Waals surface area contributed by atoms with E-state index in [2.05, 4.69) is 10.5 Å². The van der Waals surface area contributed by atoms with Crippen molar-refractivity contribution in [3.8, 4) is 5.75 Å². The number of aromatic hydroxyl groups is 1. The zero-order valence-electron chi connectivity index (χ0n) is 15.3. The highest BCUT2D eigenvalue weighted by molar-refractivity contribution is 6.03. The van der Waals surface area contributed by atoms with Gasteiger partial charge in [0, 0.05) is 5.56 Å². The SMILES string of the molecule is Cc1cc2c(cc1O)CCCC2=NNC(=O)Cc1cccc2ccccc12. The highest BCUT2D eigenvalue weighted by Crippen LogP contribution is 2.28. The summed E-state index contributed by atoms with van der Waals surface area (Å²) in [5.74, 6) is 0.191. The standard InChI is InChI=1S/C23H22N2O2/c1-15-12-20-17(13-22(15)26)9-5-11-21(20)24-25-23(27)14-18-8-4-7-16-6-2-3-10-19(16)18/h2-4,6-8,10,12-13,26H,5,9,11,14H2,1H3,(H,25,27). The van der Waals surface area contributed by atoms with Crippen LogP contribution in [0.25, 0.3) is 10.8 Å². The molecule has 0 heterocycles. The van der Waals surface area contributed by atoms with Crippen molar-refractivity contribution in [3.63, 3.8) is 0 Å². The molecule has 136 valence electrons. The van der Waals surface area contributed by atoms with Gasteiger partial charge in [-0.25, -0.2) is 5.43 Å². The fraction of sp³-hybridized carbons (Fsp3) is 0.217. The first-order valence-electron chi connectivity index (χ1n) is 9.27. The Balaban J connectivity index is 1.54. The summed E-state index contributed by atoms with van der Waals surface area (Å²) in [5.41, 5.74) is 7.55. The van der Waals surface area contributed by atoms with Crippen LogP contribution in [0, 0.1) is 6.92 Å². The Morgan fingerprint density at radius 3 is 2.81 bits per heavy atom. The molecule has 0 aromatic heterocycles. The van der Waals surface area contributed by atoms with Gasteiger partial charge in [0.1, 0.15) is 5.75 Å². The van der Waals surface area contributed by atoms with Crippen LogP contribution in [0.5, 0.6) is 5.75 Å². The van der Waals surface area contributed by atoms with Gasteiger partial charge in [-0.2, -0.15) is 5.10 Å². The van der Waals surface area contributed by atoms with Crippen LogP contribution >= 0.6 is 0 Å². The highest BCUT2D eigenvalue weighted by atomic mass is 16.3. The second kappa shape index (κ2) is 7.23. The second-order valence-corrected chi connectivity index (χ2v) is 7.06. The molecular formula is C23H22N2O2. The van der Waals surface area contributed by atoms with Crippen LogP contribution < -0.4 is 5.43 Å². The molecule has 2 N–H and O–H groups in total. The van der Waals surface area contributed by atoms with Gasteiger partial charge in [-0.15, -0.1) is 0 Å². The molecule has 0 unspecified atom stereocenters. The third-order valence-electron chi connectivity index (χ3n) is 5.14. The van der Waals surface area contributed by atoms with Gasteiger partial charge < -0.3 is 5.11 Å². The number of rotatable bonds is 3. The first kappa shape index (κ1) is 17.3. The smallest absolute Gasteiger partial charge is 0.244 e. The van der Waals surface area contributed by atoms with Gasteiger partial charge >= 0.3 is 0 Å². The molecule has 0 atom stereocenters. The van der Waals surface area contributed by atoms with E-state index in [1.165, 1.54) is 0 Å². The van der Waals surface area contributed by atoms with Gasteiger partial charge in [0.2, 0.25) is 5.91 Å². The molecule has 1 aliphatic rings. The molecule has 4 heteroatoms. The zero-order chi connectivity index (χ0) is 18.8. The number of hydrogen-bond donors (Lipinski definition) is 2. The largest absolute Gasteiger partial charge is 0.508 e. The Bertz CT molecular complexity index is 1050. The average molecular weight is 358 g/mol. The second-order valence-electron chi connectivity index (χ2n) is 7.06. The number of hydrogen-bond acceptors (Lipinski definition) is 3. The zero-order valence-corrected chi connectivity index (χ0v) is 15.3. The van der Waals surface area contributed by atoms with Crippen molar-refractivity contribution in [2.24, 2.45) is 5.10 Å². The molecule has 4 nitrogen and oxygen atoms in total. The van der Waals surface area contributed by atoms with Crippen LogP contribution in [-0.2, 0) is 17.6 Å². The lowest BCUT2D eigenvalue weighted by atomic mass is 9.88. The quantitative estimate of drug-likeness (QED) is 0.688. The lowest BCUT2D eigenvalue weighted by molar-refractivity contribution is -0.120.